The number of anilines is 1. The molecule has 3 N–H and O–H groups in total. The summed E-state index contributed by atoms with van der Waals surface area (Å²) < 4.78 is 0. The fourth-order valence-electron chi connectivity index (χ4n) is 2.21. The van der Waals surface area contributed by atoms with Crippen molar-refractivity contribution in [2.75, 3.05) is 5.73 Å². The van der Waals surface area contributed by atoms with E-state index in [-0.39, 0.29) is 24.4 Å². The molecule has 0 unspecified atom stereocenters. The van der Waals surface area contributed by atoms with Crippen molar-refractivity contribution in [3.05, 3.63) is 64.7 Å². The van der Waals surface area contributed by atoms with Gasteiger partial charge in [-0.1, -0.05) is 23.8 Å². The molecule has 0 atom stereocenters. The fraction of sp³-hybridized carbons (Fsp3) is 0.167. The lowest BCUT2D eigenvalue weighted by Crippen LogP contribution is -2.06. The van der Waals surface area contributed by atoms with Crippen LogP contribution in [0.15, 0.2) is 42.5 Å². The zero-order chi connectivity index (χ0) is 16.1. The maximum absolute atomic E-state index is 12.2. The Balaban J connectivity index is 2.04. The lowest BCUT2D eigenvalue weighted by Gasteiger charge is -2.05. The predicted molar refractivity (Wildman–Crippen MR) is 87.8 cm³/mol. The first-order chi connectivity index (χ1) is 10.5. The molecule has 112 valence electrons. The molecule has 0 aliphatic rings. The number of nitrogens with one attached hydrogen (secondary N) is 1. The van der Waals surface area contributed by atoms with Crippen molar-refractivity contribution in [1.29, 1.82) is 5.41 Å². The molecule has 0 bridgehead atoms. The molecule has 0 radical (unpaired) electrons. The third-order valence-corrected chi connectivity index (χ3v) is 3.48. The highest BCUT2D eigenvalue weighted by molar-refractivity contribution is 6.03. The van der Waals surface area contributed by atoms with Gasteiger partial charge in [0, 0.05) is 41.4 Å². The summed E-state index contributed by atoms with van der Waals surface area (Å²) in [7, 11) is 0. The third-order valence-electron chi connectivity index (χ3n) is 3.48. The summed E-state index contributed by atoms with van der Waals surface area (Å²) in [6.07, 6.45) is 1.44. The van der Waals surface area contributed by atoms with E-state index in [2.05, 4.69) is 0 Å². The molecular weight excluding hydrogens is 276 g/mol. The van der Waals surface area contributed by atoms with Gasteiger partial charge >= 0.3 is 0 Å². The quantitative estimate of drug-likeness (QED) is 0.486. The van der Waals surface area contributed by atoms with E-state index in [1.54, 1.807) is 24.3 Å². The SMILES string of the molecule is Cc1cccc(C(=O)CCC(=O)c2ccc(N)c(C=N)c2)c1. The van der Waals surface area contributed by atoms with Crippen LogP contribution in [-0.2, 0) is 0 Å². The number of nitrogen functional groups attached to an aromatic ring is 1. The van der Waals surface area contributed by atoms with E-state index in [0.717, 1.165) is 11.8 Å². The van der Waals surface area contributed by atoms with Gasteiger partial charge in [0.2, 0.25) is 0 Å². The molecule has 0 amide bonds. The molecule has 0 saturated heterocycles. The molecule has 22 heavy (non-hydrogen) atoms. The molecule has 4 heteroatoms. The molecule has 0 aliphatic carbocycles. The van der Waals surface area contributed by atoms with Crippen molar-refractivity contribution in [3.63, 3.8) is 0 Å². The molecular formula is C18H18N2O2. The standard InChI is InChI=1S/C18H18N2O2/c1-12-3-2-4-13(9-12)17(21)7-8-18(22)14-5-6-16(20)15(10-14)11-19/h2-6,9-11,19H,7-8,20H2,1H3. The normalized spacial score (nSPS) is 10.2. The van der Waals surface area contributed by atoms with E-state index in [4.69, 9.17) is 11.1 Å². The number of nitrogens with two attached hydrogens (primary N) is 1. The maximum Gasteiger partial charge on any atom is 0.163 e. The summed E-state index contributed by atoms with van der Waals surface area (Å²) in [5.74, 6) is -0.163. The third kappa shape index (κ3) is 3.67. The lowest BCUT2D eigenvalue weighted by molar-refractivity contribution is 0.0917. The number of carbonyl (C=O) groups is 2. The minimum absolute atomic E-state index is 0.0419. The molecule has 0 aromatic heterocycles. The summed E-state index contributed by atoms with van der Waals surface area (Å²) in [6.45, 7) is 1.93. The second-order valence-corrected chi connectivity index (χ2v) is 5.20. The van der Waals surface area contributed by atoms with Crippen molar-refractivity contribution in [3.8, 4) is 0 Å². The second kappa shape index (κ2) is 6.80. The Morgan fingerprint density at radius 1 is 1.05 bits per heavy atom. The highest BCUT2D eigenvalue weighted by atomic mass is 16.1. The second-order valence-electron chi connectivity index (χ2n) is 5.20. The fourth-order valence-corrected chi connectivity index (χ4v) is 2.21. The van der Waals surface area contributed by atoms with Crippen LogP contribution in [0.25, 0.3) is 0 Å². The molecule has 2 rings (SSSR count). The summed E-state index contributed by atoms with van der Waals surface area (Å²) >= 11 is 0. The first kappa shape index (κ1) is 15.6. The van der Waals surface area contributed by atoms with Crippen LogP contribution >= 0.6 is 0 Å². The van der Waals surface area contributed by atoms with Crippen molar-refractivity contribution in [2.45, 2.75) is 19.8 Å². The Morgan fingerprint density at radius 2 is 1.68 bits per heavy atom. The van der Waals surface area contributed by atoms with Gasteiger partial charge in [-0.2, -0.15) is 0 Å². The van der Waals surface area contributed by atoms with Gasteiger partial charge in [-0.05, 0) is 31.2 Å². The van der Waals surface area contributed by atoms with E-state index < -0.39 is 0 Å². The minimum Gasteiger partial charge on any atom is -0.398 e. The van der Waals surface area contributed by atoms with E-state index >= 15 is 0 Å². The number of carbonyl (C=O) groups excluding carboxylic acids is 2. The van der Waals surface area contributed by atoms with Crippen LogP contribution in [0.3, 0.4) is 0 Å². The van der Waals surface area contributed by atoms with E-state index in [9.17, 15) is 9.59 Å². The van der Waals surface area contributed by atoms with Crippen molar-refractivity contribution in [2.24, 2.45) is 0 Å². The number of ketones is 2. The molecule has 4 nitrogen and oxygen atoms in total. The highest BCUT2D eigenvalue weighted by Gasteiger charge is 2.12. The van der Waals surface area contributed by atoms with Crippen LogP contribution in [0.2, 0.25) is 0 Å². The monoisotopic (exact) mass is 294 g/mol. The first-order valence-electron chi connectivity index (χ1n) is 7.04. The summed E-state index contributed by atoms with van der Waals surface area (Å²) in [4.78, 5) is 24.3. The Hall–Kier alpha value is -2.75. The highest BCUT2D eigenvalue weighted by Crippen LogP contribution is 2.15. The van der Waals surface area contributed by atoms with Gasteiger partial charge in [0.25, 0.3) is 0 Å². The van der Waals surface area contributed by atoms with Gasteiger partial charge in [0.05, 0.1) is 0 Å². The van der Waals surface area contributed by atoms with E-state index in [1.807, 2.05) is 25.1 Å². The van der Waals surface area contributed by atoms with Gasteiger partial charge in [0.15, 0.2) is 11.6 Å². The topological polar surface area (TPSA) is 84.0 Å². The smallest absolute Gasteiger partial charge is 0.163 e. The summed E-state index contributed by atoms with van der Waals surface area (Å²) in [5, 5.41) is 7.25. The maximum atomic E-state index is 12.2. The zero-order valence-corrected chi connectivity index (χ0v) is 12.4. The minimum atomic E-state index is -0.121. The van der Waals surface area contributed by atoms with Crippen LogP contribution < -0.4 is 5.73 Å². The van der Waals surface area contributed by atoms with Crippen molar-refractivity contribution < 1.29 is 9.59 Å². The van der Waals surface area contributed by atoms with Gasteiger partial charge in [0.1, 0.15) is 0 Å². The Labute approximate surface area is 129 Å². The summed E-state index contributed by atoms with van der Waals surface area (Å²) in [6, 6.07) is 12.2. The average molecular weight is 294 g/mol. The Kier molecular flexibility index (Phi) is 4.84. The van der Waals surface area contributed by atoms with Crippen LogP contribution in [0.4, 0.5) is 5.69 Å². The molecule has 2 aromatic carbocycles. The van der Waals surface area contributed by atoms with Crippen LogP contribution in [0.5, 0.6) is 0 Å². The molecule has 0 spiro atoms. The van der Waals surface area contributed by atoms with Gasteiger partial charge in [-0.15, -0.1) is 0 Å². The van der Waals surface area contributed by atoms with Gasteiger partial charge < -0.3 is 11.1 Å². The molecule has 0 heterocycles. The number of rotatable bonds is 6. The van der Waals surface area contributed by atoms with Crippen LogP contribution in [0, 0.1) is 12.3 Å². The number of aryl methyl sites for hydroxylation is 1. The molecule has 0 saturated carbocycles. The number of benzene rings is 2. The van der Waals surface area contributed by atoms with Crippen LogP contribution in [-0.4, -0.2) is 17.8 Å². The zero-order valence-electron chi connectivity index (χ0n) is 12.4. The number of Topliss-reactive ketones (excluding diaryl/α,β-unsaturated/α-hetero) is 2. The summed E-state index contributed by atoms with van der Waals surface area (Å²) in [5.41, 5.74) is 8.79. The largest absolute Gasteiger partial charge is 0.398 e. The predicted octanol–water partition coefficient (Wildman–Crippen LogP) is 3.42. The Bertz CT molecular complexity index is 736. The lowest BCUT2D eigenvalue weighted by atomic mass is 9.99. The Morgan fingerprint density at radius 3 is 2.27 bits per heavy atom. The van der Waals surface area contributed by atoms with Crippen LogP contribution in [0.1, 0.15) is 44.7 Å². The van der Waals surface area contributed by atoms with Crippen molar-refractivity contribution in [1.82, 2.24) is 0 Å². The van der Waals surface area contributed by atoms with E-state index in [0.29, 0.717) is 22.4 Å². The molecule has 0 fully saturated rings. The molecule has 2 aromatic rings. The average Bonchev–Trinajstić information content (AvgIpc) is 2.52. The number of hydrogen-bond donors (Lipinski definition) is 2. The number of hydrogen-bond acceptors (Lipinski definition) is 4. The van der Waals surface area contributed by atoms with E-state index in [1.165, 1.54) is 0 Å². The van der Waals surface area contributed by atoms with Gasteiger partial charge in [-0.25, -0.2) is 0 Å². The molecule has 0 aliphatic heterocycles. The van der Waals surface area contributed by atoms with Gasteiger partial charge in [-0.3, -0.25) is 9.59 Å². The first-order valence-corrected chi connectivity index (χ1v) is 7.04. The van der Waals surface area contributed by atoms with Crippen molar-refractivity contribution >= 4 is 23.5 Å².